The highest BCUT2D eigenvalue weighted by atomic mass is 79.9. The predicted octanol–water partition coefficient (Wildman–Crippen LogP) is 3.47. The van der Waals surface area contributed by atoms with Crippen LogP contribution in [0, 0.1) is 0 Å². The molecule has 0 aliphatic rings. The summed E-state index contributed by atoms with van der Waals surface area (Å²) in [4.78, 5) is 0. The maximum Gasteiger partial charge on any atom is 0.206 e. The molecule has 2 rings (SSSR count). The number of hydrogen-bond donors (Lipinski definition) is 1. The number of aromatic nitrogens is 2. The summed E-state index contributed by atoms with van der Waals surface area (Å²) >= 11 is 4.78. The third-order valence-corrected chi connectivity index (χ3v) is 3.33. The van der Waals surface area contributed by atoms with E-state index in [-0.39, 0.29) is 6.04 Å². The Morgan fingerprint density at radius 2 is 2.00 bits per heavy atom. The van der Waals surface area contributed by atoms with Crippen molar-refractivity contribution in [2.24, 2.45) is 0 Å². The van der Waals surface area contributed by atoms with Crippen molar-refractivity contribution in [1.29, 1.82) is 0 Å². The van der Waals surface area contributed by atoms with Crippen molar-refractivity contribution < 1.29 is 0 Å². The fourth-order valence-electron chi connectivity index (χ4n) is 1.27. The molecule has 0 spiro atoms. The molecule has 0 aliphatic heterocycles. The molecule has 3 nitrogen and oxygen atoms in total. The zero-order valence-corrected chi connectivity index (χ0v) is 10.5. The van der Waals surface area contributed by atoms with E-state index in [1.54, 1.807) is 0 Å². The first-order valence-corrected chi connectivity index (χ1v) is 6.17. The van der Waals surface area contributed by atoms with E-state index >= 15 is 0 Å². The number of hydrogen-bond acceptors (Lipinski definition) is 4. The standard InChI is InChI=1S/C10H10BrN3S/c1-7(8-5-3-2-4-6-8)12-10-14-13-9(11)15-10/h2-7H,1H3,(H,12,14). The number of nitrogens with one attached hydrogen (secondary N) is 1. The van der Waals surface area contributed by atoms with E-state index in [0.717, 1.165) is 9.05 Å². The summed E-state index contributed by atoms with van der Waals surface area (Å²) in [5, 5.41) is 12.0. The summed E-state index contributed by atoms with van der Waals surface area (Å²) in [5.41, 5.74) is 1.24. The van der Waals surface area contributed by atoms with E-state index in [4.69, 9.17) is 0 Å². The van der Waals surface area contributed by atoms with Gasteiger partial charge in [-0.3, -0.25) is 0 Å². The minimum atomic E-state index is 0.242. The second-order valence-corrected chi connectivity index (χ2v) is 5.39. The summed E-state index contributed by atoms with van der Waals surface area (Å²) in [6.07, 6.45) is 0. The SMILES string of the molecule is CC(Nc1nnc(Br)s1)c1ccccc1. The largest absolute Gasteiger partial charge is 0.354 e. The first kappa shape index (κ1) is 10.6. The Hall–Kier alpha value is -0.940. The van der Waals surface area contributed by atoms with Gasteiger partial charge < -0.3 is 5.32 Å². The van der Waals surface area contributed by atoms with Crippen molar-refractivity contribution >= 4 is 32.4 Å². The van der Waals surface area contributed by atoms with E-state index in [1.165, 1.54) is 16.9 Å². The van der Waals surface area contributed by atoms with Gasteiger partial charge in [0.2, 0.25) is 5.13 Å². The molecule has 1 heterocycles. The highest BCUT2D eigenvalue weighted by molar-refractivity contribution is 9.11. The van der Waals surface area contributed by atoms with E-state index in [1.807, 2.05) is 18.2 Å². The summed E-state index contributed by atoms with van der Waals surface area (Å²) in [6, 6.07) is 10.5. The molecule has 0 radical (unpaired) electrons. The van der Waals surface area contributed by atoms with Crippen molar-refractivity contribution in [3.05, 3.63) is 39.8 Å². The molecular weight excluding hydrogens is 274 g/mol. The highest BCUT2D eigenvalue weighted by Gasteiger charge is 2.07. The molecule has 0 bridgehead atoms. The predicted molar refractivity (Wildman–Crippen MR) is 66.1 cm³/mol. The van der Waals surface area contributed by atoms with Gasteiger partial charge in [-0.2, -0.15) is 0 Å². The number of benzene rings is 1. The Balaban J connectivity index is 2.07. The van der Waals surface area contributed by atoms with Gasteiger partial charge in [0.15, 0.2) is 3.92 Å². The molecule has 0 saturated heterocycles. The summed E-state index contributed by atoms with van der Waals surface area (Å²) in [6.45, 7) is 2.10. The van der Waals surface area contributed by atoms with Gasteiger partial charge in [0.1, 0.15) is 0 Å². The average molecular weight is 284 g/mol. The van der Waals surface area contributed by atoms with Crippen LogP contribution in [0.1, 0.15) is 18.5 Å². The quantitative estimate of drug-likeness (QED) is 0.937. The van der Waals surface area contributed by atoms with E-state index in [9.17, 15) is 0 Å². The van der Waals surface area contributed by atoms with Gasteiger partial charge in [-0.05, 0) is 28.4 Å². The minimum absolute atomic E-state index is 0.242. The highest BCUT2D eigenvalue weighted by Crippen LogP contribution is 2.24. The number of anilines is 1. The van der Waals surface area contributed by atoms with Crippen LogP contribution in [-0.2, 0) is 0 Å². The van der Waals surface area contributed by atoms with Crippen LogP contribution in [0.3, 0.4) is 0 Å². The number of halogens is 1. The van der Waals surface area contributed by atoms with Gasteiger partial charge in [0, 0.05) is 0 Å². The maximum atomic E-state index is 3.99. The smallest absolute Gasteiger partial charge is 0.206 e. The number of nitrogens with zero attached hydrogens (tertiary/aromatic N) is 2. The molecular formula is C10H10BrN3S. The Morgan fingerprint density at radius 3 is 2.60 bits per heavy atom. The Labute approximate surface area is 101 Å². The first-order chi connectivity index (χ1) is 7.25. The molecule has 1 atom stereocenters. The molecule has 1 aromatic heterocycles. The van der Waals surface area contributed by atoms with Gasteiger partial charge in [0.25, 0.3) is 0 Å². The summed E-state index contributed by atoms with van der Waals surface area (Å²) in [5.74, 6) is 0. The molecule has 78 valence electrons. The number of rotatable bonds is 3. The van der Waals surface area contributed by atoms with Crippen LogP contribution >= 0.6 is 27.3 Å². The lowest BCUT2D eigenvalue weighted by Gasteiger charge is -2.12. The lowest BCUT2D eigenvalue weighted by molar-refractivity contribution is 0.873. The average Bonchev–Trinajstić information content (AvgIpc) is 2.65. The third-order valence-electron chi connectivity index (χ3n) is 2.04. The fourth-order valence-corrected chi connectivity index (χ4v) is 2.37. The maximum absolute atomic E-state index is 3.99. The Kier molecular flexibility index (Phi) is 3.33. The summed E-state index contributed by atoms with van der Waals surface area (Å²) < 4.78 is 0.797. The molecule has 1 unspecified atom stereocenters. The van der Waals surface area contributed by atoms with Crippen LogP contribution in [0.15, 0.2) is 34.2 Å². The lowest BCUT2D eigenvalue weighted by Crippen LogP contribution is -2.05. The zero-order valence-electron chi connectivity index (χ0n) is 8.14. The van der Waals surface area contributed by atoms with Gasteiger partial charge >= 0.3 is 0 Å². The van der Waals surface area contributed by atoms with Crippen molar-refractivity contribution in [1.82, 2.24) is 10.2 Å². The summed E-state index contributed by atoms with van der Waals surface area (Å²) in [7, 11) is 0. The lowest BCUT2D eigenvalue weighted by atomic mass is 10.1. The van der Waals surface area contributed by atoms with E-state index < -0.39 is 0 Å². The zero-order chi connectivity index (χ0) is 10.7. The van der Waals surface area contributed by atoms with Crippen molar-refractivity contribution in [3.8, 4) is 0 Å². The van der Waals surface area contributed by atoms with Gasteiger partial charge in [-0.1, -0.05) is 41.7 Å². The van der Waals surface area contributed by atoms with Crippen LogP contribution in [0.5, 0.6) is 0 Å². The van der Waals surface area contributed by atoms with Gasteiger partial charge in [-0.15, -0.1) is 10.2 Å². The molecule has 0 fully saturated rings. The second kappa shape index (κ2) is 4.72. The molecule has 0 amide bonds. The topological polar surface area (TPSA) is 37.8 Å². The molecule has 15 heavy (non-hydrogen) atoms. The van der Waals surface area contributed by atoms with E-state index in [2.05, 4.69) is 50.5 Å². The van der Waals surface area contributed by atoms with Crippen LogP contribution in [0.2, 0.25) is 0 Å². The van der Waals surface area contributed by atoms with Crippen LogP contribution in [-0.4, -0.2) is 10.2 Å². The monoisotopic (exact) mass is 283 g/mol. The molecule has 1 aromatic carbocycles. The molecule has 5 heteroatoms. The van der Waals surface area contributed by atoms with E-state index in [0.29, 0.717) is 0 Å². The molecule has 2 aromatic rings. The molecule has 0 aliphatic carbocycles. The third kappa shape index (κ3) is 2.76. The van der Waals surface area contributed by atoms with Crippen molar-refractivity contribution in [2.45, 2.75) is 13.0 Å². The molecule has 1 N–H and O–H groups in total. The fraction of sp³-hybridized carbons (Fsp3) is 0.200. The Bertz CT molecular complexity index is 429. The normalized spacial score (nSPS) is 12.4. The first-order valence-electron chi connectivity index (χ1n) is 4.56. The van der Waals surface area contributed by atoms with Gasteiger partial charge in [0.05, 0.1) is 6.04 Å². The van der Waals surface area contributed by atoms with Gasteiger partial charge in [-0.25, -0.2) is 0 Å². The van der Waals surface area contributed by atoms with Crippen LogP contribution in [0.4, 0.5) is 5.13 Å². The minimum Gasteiger partial charge on any atom is -0.354 e. The second-order valence-electron chi connectivity index (χ2n) is 3.14. The Morgan fingerprint density at radius 1 is 1.27 bits per heavy atom. The van der Waals surface area contributed by atoms with Crippen LogP contribution in [0.25, 0.3) is 0 Å². The van der Waals surface area contributed by atoms with Crippen LogP contribution < -0.4 is 5.32 Å². The van der Waals surface area contributed by atoms with Crippen molar-refractivity contribution in [2.75, 3.05) is 5.32 Å². The van der Waals surface area contributed by atoms with Crippen molar-refractivity contribution in [3.63, 3.8) is 0 Å². The molecule has 0 saturated carbocycles.